The lowest BCUT2D eigenvalue weighted by atomic mass is 10.1. The predicted octanol–water partition coefficient (Wildman–Crippen LogP) is 2.87. The summed E-state index contributed by atoms with van der Waals surface area (Å²) in [5.41, 5.74) is 5.97. The first-order chi connectivity index (χ1) is 9.81. The Balaban J connectivity index is 1.78. The van der Waals surface area contributed by atoms with Gasteiger partial charge in [-0.15, -0.1) is 0 Å². The summed E-state index contributed by atoms with van der Waals surface area (Å²) in [5.74, 6) is 0. The van der Waals surface area contributed by atoms with E-state index >= 15 is 0 Å². The number of hydrogen-bond donors (Lipinski definition) is 1. The third-order valence-electron chi connectivity index (χ3n) is 4.19. The molecule has 0 saturated carbocycles. The maximum atomic E-state index is 12.1. The Morgan fingerprint density at radius 1 is 1.05 bits per heavy atom. The molecule has 1 aliphatic rings. The predicted molar refractivity (Wildman–Crippen MR) is 80.1 cm³/mol. The average Bonchev–Trinajstić information content (AvgIpc) is 3.04. The largest absolute Gasteiger partial charge is 0.326 e. The molecule has 2 aromatic carbocycles. The quantitative estimate of drug-likeness (QED) is 0.759. The molecular formula is C17H16N2O. The summed E-state index contributed by atoms with van der Waals surface area (Å²) in [6, 6.07) is 14.5. The van der Waals surface area contributed by atoms with Crippen LogP contribution in [0.15, 0.2) is 47.3 Å². The molecule has 0 spiro atoms. The summed E-state index contributed by atoms with van der Waals surface area (Å²) in [5, 5.41) is 0. The van der Waals surface area contributed by atoms with Gasteiger partial charge in [-0.05, 0) is 48.1 Å². The minimum Gasteiger partial charge on any atom is -0.306 e. The van der Waals surface area contributed by atoms with Gasteiger partial charge in [-0.1, -0.05) is 30.3 Å². The van der Waals surface area contributed by atoms with Crippen molar-refractivity contribution < 1.29 is 0 Å². The van der Waals surface area contributed by atoms with Crippen LogP contribution in [0.25, 0.3) is 11.0 Å². The molecule has 0 unspecified atom stereocenters. The Hall–Kier alpha value is -2.29. The highest BCUT2D eigenvalue weighted by atomic mass is 16.1. The molecule has 0 radical (unpaired) electrons. The van der Waals surface area contributed by atoms with E-state index in [1.54, 1.807) is 0 Å². The molecule has 100 valence electrons. The Labute approximate surface area is 116 Å². The molecule has 1 heterocycles. The summed E-state index contributed by atoms with van der Waals surface area (Å²) in [4.78, 5) is 15.0. The van der Waals surface area contributed by atoms with Crippen molar-refractivity contribution in [1.29, 1.82) is 0 Å². The van der Waals surface area contributed by atoms with E-state index in [-0.39, 0.29) is 5.69 Å². The van der Waals surface area contributed by atoms with Crippen molar-refractivity contribution in [2.75, 3.05) is 0 Å². The third kappa shape index (κ3) is 1.78. The van der Waals surface area contributed by atoms with Crippen LogP contribution in [0.1, 0.15) is 23.1 Å². The molecule has 4 rings (SSSR count). The molecule has 3 nitrogen and oxygen atoms in total. The van der Waals surface area contributed by atoms with Gasteiger partial charge in [0.05, 0.1) is 17.6 Å². The smallest absolute Gasteiger partial charge is 0.306 e. The van der Waals surface area contributed by atoms with Crippen molar-refractivity contribution in [2.24, 2.45) is 0 Å². The number of imidazole rings is 1. The number of para-hydroxylation sites is 2. The van der Waals surface area contributed by atoms with E-state index in [0.29, 0.717) is 6.54 Å². The van der Waals surface area contributed by atoms with Crippen molar-refractivity contribution in [1.82, 2.24) is 9.55 Å². The molecule has 3 heteroatoms. The Morgan fingerprint density at radius 3 is 2.85 bits per heavy atom. The van der Waals surface area contributed by atoms with E-state index in [4.69, 9.17) is 0 Å². The van der Waals surface area contributed by atoms with Crippen molar-refractivity contribution >= 4 is 11.0 Å². The zero-order valence-electron chi connectivity index (χ0n) is 11.2. The standard InChI is InChI=1S/C17H16N2O/c20-17-18-15-6-1-2-7-16(15)19(17)11-12-8-9-13-4-3-5-14(13)10-12/h1-2,6-10H,3-5,11H2,(H,18,20). The van der Waals surface area contributed by atoms with Gasteiger partial charge in [0, 0.05) is 0 Å². The summed E-state index contributed by atoms with van der Waals surface area (Å²) in [6.07, 6.45) is 3.63. The number of rotatable bonds is 2. The lowest BCUT2D eigenvalue weighted by Gasteiger charge is -2.06. The number of nitrogens with zero attached hydrogens (tertiary/aromatic N) is 1. The van der Waals surface area contributed by atoms with Crippen LogP contribution in [0, 0.1) is 0 Å². The lowest BCUT2D eigenvalue weighted by molar-refractivity contribution is 0.785. The second-order valence-electron chi connectivity index (χ2n) is 5.49. The van der Waals surface area contributed by atoms with Gasteiger partial charge in [0.15, 0.2) is 0 Å². The van der Waals surface area contributed by atoms with Crippen molar-refractivity contribution in [3.05, 3.63) is 69.6 Å². The summed E-state index contributed by atoms with van der Waals surface area (Å²) >= 11 is 0. The van der Waals surface area contributed by atoms with Gasteiger partial charge >= 0.3 is 5.69 Å². The Morgan fingerprint density at radius 2 is 1.90 bits per heavy atom. The van der Waals surface area contributed by atoms with Crippen LogP contribution in [0.3, 0.4) is 0 Å². The molecule has 1 aliphatic carbocycles. The number of benzene rings is 2. The van der Waals surface area contributed by atoms with Gasteiger partial charge in [0.1, 0.15) is 0 Å². The molecular weight excluding hydrogens is 248 g/mol. The molecule has 1 aromatic heterocycles. The van der Waals surface area contributed by atoms with Gasteiger partial charge in [0.25, 0.3) is 0 Å². The average molecular weight is 264 g/mol. The molecule has 0 saturated heterocycles. The number of H-pyrrole nitrogens is 1. The first-order valence-electron chi connectivity index (χ1n) is 7.09. The Kier molecular flexibility index (Phi) is 2.52. The highest BCUT2D eigenvalue weighted by Crippen LogP contribution is 2.23. The van der Waals surface area contributed by atoms with Crippen molar-refractivity contribution in [3.8, 4) is 0 Å². The zero-order valence-corrected chi connectivity index (χ0v) is 11.2. The normalized spacial score (nSPS) is 13.8. The molecule has 1 N–H and O–H groups in total. The van der Waals surface area contributed by atoms with Gasteiger partial charge in [0.2, 0.25) is 0 Å². The Bertz CT molecular complexity index is 842. The molecule has 0 fully saturated rings. The van der Waals surface area contributed by atoms with Crippen molar-refractivity contribution in [2.45, 2.75) is 25.8 Å². The zero-order chi connectivity index (χ0) is 13.5. The van der Waals surface area contributed by atoms with E-state index in [2.05, 4.69) is 23.2 Å². The van der Waals surface area contributed by atoms with E-state index in [0.717, 1.165) is 11.0 Å². The van der Waals surface area contributed by atoms with Crippen LogP contribution in [-0.2, 0) is 19.4 Å². The summed E-state index contributed by atoms with van der Waals surface area (Å²) in [6.45, 7) is 0.635. The maximum absolute atomic E-state index is 12.1. The topological polar surface area (TPSA) is 37.8 Å². The highest BCUT2D eigenvalue weighted by Gasteiger charge is 2.12. The summed E-state index contributed by atoms with van der Waals surface area (Å²) in [7, 11) is 0. The lowest BCUT2D eigenvalue weighted by Crippen LogP contribution is -2.17. The van der Waals surface area contributed by atoms with E-state index in [1.165, 1.54) is 36.0 Å². The minimum atomic E-state index is -0.0355. The molecule has 3 aromatic rings. The van der Waals surface area contributed by atoms with E-state index in [9.17, 15) is 4.79 Å². The van der Waals surface area contributed by atoms with Gasteiger partial charge in [-0.2, -0.15) is 0 Å². The van der Waals surface area contributed by atoms with E-state index in [1.807, 2.05) is 28.8 Å². The highest BCUT2D eigenvalue weighted by molar-refractivity contribution is 5.75. The van der Waals surface area contributed by atoms with Crippen LogP contribution in [0.5, 0.6) is 0 Å². The number of nitrogens with one attached hydrogen (secondary N) is 1. The van der Waals surface area contributed by atoms with Gasteiger partial charge in [-0.25, -0.2) is 4.79 Å². The first-order valence-corrected chi connectivity index (χ1v) is 7.09. The van der Waals surface area contributed by atoms with E-state index < -0.39 is 0 Å². The molecule has 0 amide bonds. The van der Waals surface area contributed by atoms with Gasteiger partial charge in [-0.3, -0.25) is 4.57 Å². The fourth-order valence-corrected chi connectivity index (χ4v) is 3.17. The van der Waals surface area contributed by atoms with Crippen LogP contribution in [-0.4, -0.2) is 9.55 Å². The number of fused-ring (bicyclic) bond motifs is 2. The second kappa shape index (κ2) is 4.37. The van der Waals surface area contributed by atoms with Crippen LogP contribution < -0.4 is 5.69 Å². The minimum absolute atomic E-state index is 0.0355. The molecule has 0 aliphatic heterocycles. The first kappa shape index (κ1) is 11.5. The maximum Gasteiger partial charge on any atom is 0.326 e. The third-order valence-corrected chi connectivity index (χ3v) is 4.19. The van der Waals surface area contributed by atoms with Crippen LogP contribution in [0.4, 0.5) is 0 Å². The van der Waals surface area contributed by atoms with Crippen molar-refractivity contribution in [3.63, 3.8) is 0 Å². The van der Waals surface area contributed by atoms with Gasteiger partial charge < -0.3 is 4.98 Å². The molecule has 20 heavy (non-hydrogen) atoms. The monoisotopic (exact) mass is 264 g/mol. The molecule has 0 atom stereocenters. The molecule has 0 bridgehead atoms. The number of aromatic amines is 1. The SMILES string of the molecule is O=c1[nH]c2ccccc2n1Cc1ccc2c(c1)CCC2. The fraction of sp³-hybridized carbons (Fsp3) is 0.235. The van der Waals surface area contributed by atoms with Crippen LogP contribution >= 0.6 is 0 Å². The number of hydrogen-bond acceptors (Lipinski definition) is 1. The number of aromatic nitrogens is 2. The number of aryl methyl sites for hydroxylation is 2. The summed E-state index contributed by atoms with van der Waals surface area (Å²) < 4.78 is 1.81. The fourth-order valence-electron chi connectivity index (χ4n) is 3.17. The second-order valence-corrected chi connectivity index (χ2v) is 5.49. The van der Waals surface area contributed by atoms with Crippen LogP contribution in [0.2, 0.25) is 0 Å².